The van der Waals surface area contributed by atoms with Crippen LogP contribution in [0.5, 0.6) is 0 Å². The van der Waals surface area contributed by atoms with Gasteiger partial charge in [-0.2, -0.15) is 13.5 Å². The Balaban J connectivity index is 2.34. The van der Waals surface area contributed by atoms with Gasteiger partial charge in [0, 0.05) is 32.1 Å². The van der Waals surface area contributed by atoms with Gasteiger partial charge in [0.1, 0.15) is 0 Å². The monoisotopic (exact) mass is 281 g/mol. The molecule has 0 aliphatic rings. The highest BCUT2D eigenvalue weighted by molar-refractivity contribution is 7.92. The van der Waals surface area contributed by atoms with E-state index in [2.05, 4.69) is 20.1 Å². The highest BCUT2D eigenvalue weighted by Crippen LogP contribution is 2.20. The predicted molar refractivity (Wildman–Crippen MR) is 72.4 cm³/mol. The Hall–Kier alpha value is -2.09. The van der Waals surface area contributed by atoms with Gasteiger partial charge in [-0.15, -0.1) is 0 Å². The molecule has 0 aromatic carbocycles. The van der Waals surface area contributed by atoms with Crippen LogP contribution in [0.1, 0.15) is 6.92 Å². The van der Waals surface area contributed by atoms with Crippen molar-refractivity contribution in [2.75, 3.05) is 16.6 Å². The molecule has 7 nitrogen and oxygen atoms in total. The van der Waals surface area contributed by atoms with Crippen LogP contribution in [0.25, 0.3) is 0 Å². The zero-order chi connectivity index (χ0) is 13.9. The molecular formula is C11H15N5O2S. The summed E-state index contributed by atoms with van der Waals surface area (Å²) in [6, 6.07) is 4.93. The van der Waals surface area contributed by atoms with Crippen LogP contribution in [0.15, 0.2) is 35.6 Å². The molecule has 0 atom stereocenters. The fourth-order valence-corrected chi connectivity index (χ4v) is 2.70. The molecular weight excluding hydrogens is 266 g/mol. The number of anilines is 2. The Morgan fingerprint density at radius 2 is 2.16 bits per heavy atom. The highest BCUT2D eigenvalue weighted by atomic mass is 32.2. The molecule has 0 saturated heterocycles. The predicted octanol–water partition coefficient (Wildman–Crippen LogP) is 1.05. The van der Waals surface area contributed by atoms with Crippen molar-refractivity contribution in [1.29, 1.82) is 0 Å². The molecule has 0 fully saturated rings. The summed E-state index contributed by atoms with van der Waals surface area (Å²) in [7, 11) is -2.04. The minimum Gasteiger partial charge on any atom is -0.383 e. The minimum absolute atomic E-state index is 0.0393. The van der Waals surface area contributed by atoms with Crippen LogP contribution in [-0.4, -0.2) is 29.7 Å². The number of nitrogens with one attached hydrogen (secondary N) is 2. The number of pyridine rings is 1. The number of rotatable bonds is 5. The molecule has 0 radical (unpaired) electrons. The van der Waals surface area contributed by atoms with Crippen LogP contribution in [-0.2, 0) is 17.1 Å². The molecule has 0 spiro atoms. The van der Waals surface area contributed by atoms with Gasteiger partial charge in [-0.1, -0.05) is 0 Å². The Morgan fingerprint density at radius 3 is 2.79 bits per heavy atom. The average molecular weight is 281 g/mol. The first-order valence-electron chi connectivity index (χ1n) is 5.74. The lowest BCUT2D eigenvalue weighted by atomic mass is 10.4. The number of sulfonamides is 1. The SMILES string of the molecule is CCNc1cccnc1S(=O)(=O)Nc1ccn(C)n1. The van der Waals surface area contributed by atoms with E-state index in [0.717, 1.165) is 0 Å². The van der Waals surface area contributed by atoms with E-state index < -0.39 is 10.0 Å². The van der Waals surface area contributed by atoms with E-state index in [1.807, 2.05) is 6.92 Å². The van der Waals surface area contributed by atoms with Gasteiger partial charge in [-0.05, 0) is 19.1 Å². The second kappa shape index (κ2) is 5.27. The molecule has 2 aromatic heterocycles. The van der Waals surface area contributed by atoms with E-state index in [-0.39, 0.29) is 10.8 Å². The summed E-state index contributed by atoms with van der Waals surface area (Å²) in [5, 5.41) is 6.90. The molecule has 0 amide bonds. The number of aromatic nitrogens is 3. The Bertz CT molecular complexity index is 665. The van der Waals surface area contributed by atoms with Crippen LogP contribution in [0.2, 0.25) is 0 Å². The number of aryl methyl sites for hydroxylation is 1. The maximum Gasteiger partial charge on any atom is 0.282 e. The molecule has 19 heavy (non-hydrogen) atoms. The van der Waals surface area contributed by atoms with E-state index in [9.17, 15) is 8.42 Å². The van der Waals surface area contributed by atoms with Crippen LogP contribution in [0.4, 0.5) is 11.5 Å². The van der Waals surface area contributed by atoms with E-state index in [0.29, 0.717) is 12.2 Å². The van der Waals surface area contributed by atoms with Crippen molar-refractivity contribution in [2.45, 2.75) is 11.9 Å². The third kappa shape index (κ3) is 3.02. The third-order valence-electron chi connectivity index (χ3n) is 2.35. The summed E-state index contributed by atoms with van der Waals surface area (Å²) in [4.78, 5) is 3.92. The fourth-order valence-electron chi connectivity index (χ4n) is 1.59. The normalized spacial score (nSPS) is 11.3. The largest absolute Gasteiger partial charge is 0.383 e. The summed E-state index contributed by atoms with van der Waals surface area (Å²) in [6.07, 6.45) is 3.09. The van der Waals surface area contributed by atoms with Crippen molar-refractivity contribution in [3.8, 4) is 0 Å². The molecule has 0 aliphatic heterocycles. The summed E-state index contributed by atoms with van der Waals surface area (Å²) in [6.45, 7) is 2.49. The summed E-state index contributed by atoms with van der Waals surface area (Å²) >= 11 is 0. The van der Waals surface area contributed by atoms with Crippen LogP contribution in [0.3, 0.4) is 0 Å². The summed E-state index contributed by atoms with van der Waals surface area (Å²) < 4.78 is 28.4. The zero-order valence-electron chi connectivity index (χ0n) is 10.7. The molecule has 2 heterocycles. The van der Waals surface area contributed by atoms with Crippen LogP contribution >= 0.6 is 0 Å². The van der Waals surface area contributed by atoms with Gasteiger partial charge >= 0.3 is 0 Å². The maximum absolute atomic E-state index is 12.2. The van der Waals surface area contributed by atoms with E-state index >= 15 is 0 Å². The van der Waals surface area contributed by atoms with E-state index in [1.54, 1.807) is 31.4 Å². The number of nitrogens with zero attached hydrogens (tertiary/aromatic N) is 3. The van der Waals surface area contributed by atoms with Gasteiger partial charge in [0.05, 0.1) is 5.69 Å². The molecule has 2 rings (SSSR count). The van der Waals surface area contributed by atoms with Crippen LogP contribution < -0.4 is 10.0 Å². The first kappa shape index (κ1) is 13.3. The smallest absolute Gasteiger partial charge is 0.282 e. The molecule has 102 valence electrons. The quantitative estimate of drug-likeness (QED) is 0.855. The van der Waals surface area contributed by atoms with Gasteiger partial charge in [-0.25, -0.2) is 4.98 Å². The van der Waals surface area contributed by atoms with Gasteiger partial charge in [-0.3, -0.25) is 9.40 Å². The Labute approximate surface area is 111 Å². The molecule has 0 unspecified atom stereocenters. The molecule has 2 aromatic rings. The number of hydrogen-bond acceptors (Lipinski definition) is 5. The first-order chi connectivity index (χ1) is 9.03. The van der Waals surface area contributed by atoms with Crippen molar-refractivity contribution in [2.24, 2.45) is 7.05 Å². The van der Waals surface area contributed by atoms with Crippen molar-refractivity contribution in [1.82, 2.24) is 14.8 Å². The van der Waals surface area contributed by atoms with Gasteiger partial charge < -0.3 is 5.32 Å². The van der Waals surface area contributed by atoms with Crippen molar-refractivity contribution in [3.05, 3.63) is 30.6 Å². The summed E-state index contributed by atoms with van der Waals surface area (Å²) in [5.41, 5.74) is 0.466. The zero-order valence-corrected chi connectivity index (χ0v) is 11.5. The molecule has 8 heteroatoms. The first-order valence-corrected chi connectivity index (χ1v) is 7.22. The van der Waals surface area contributed by atoms with Crippen LogP contribution in [0, 0.1) is 0 Å². The average Bonchev–Trinajstić information content (AvgIpc) is 2.75. The van der Waals surface area contributed by atoms with Crippen molar-refractivity contribution < 1.29 is 8.42 Å². The molecule has 0 saturated carbocycles. The highest BCUT2D eigenvalue weighted by Gasteiger charge is 2.20. The van der Waals surface area contributed by atoms with Crippen molar-refractivity contribution >= 4 is 21.5 Å². The minimum atomic E-state index is -3.75. The topological polar surface area (TPSA) is 88.9 Å². The fraction of sp³-hybridized carbons (Fsp3) is 0.273. The molecule has 0 aliphatic carbocycles. The molecule has 0 bridgehead atoms. The standard InChI is InChI=1S/C11H15N5O2S/c1-3-12-9-5-4-7-13-11(9)19(17,18)15-10-6-8-16(2)14-10/h4-8,12H,3H2,1-2H3,(H,14,15). The van der Waals surface area contributed by atoms with Gasteiger partial charge in [0.2, 0.25) is 0 Å². The van der Waals surface area contributed by atoms with E-state index in [4.69, 9.17) is 0 Å². The Morgan fingerprint density at radius 1 is 1.37 bits per heavy atom. The molecule has 2 N–H and O–H groups in total. The summed E-state index contributed by atoms with van der Waals surface area (Å²) in [5.74, 6) is 0.260. The Kier molecular flexibility index (Phi) is 3.70. The second-order valence-electron chi connectivity index (χ2n) is 3.87. The lowest BCUT2D eigenvalue weighted by Crippen LogP contribution is -2.17. The maximum atomic E-state index is 12.2. The van der Waals surface area contributed by atoms with E-state index in [1.165, 1.54) is 10.9 Å². The lowest BCUT2D eigenvalue weighted by molar-refractivity contribution is 0.597. The van der Waals surface area contributed by atoms with Crippen molar-refractivity contribution in [3.63, 3.8) is 0 Å². The lowest BCUT2D eigenvalue weighted by Gasteiger charge is -2.10. The van der Waals surface area contributed by atoms with Gasteiger partial charge in [0.25, 0.3) is 10.0 Å². The van der Waals surface area contributed by atoms with Gasteiger partial charge in [0.15, 0.2) is 10.8 Å². The third-order valence-corrected chi connectivity index (χ3v) is 3.66. The second-order valence-corrected chi connectivity index (χ2v) is 5.46. The number of hydrogen-bond donors (Lipinski definition) is 2.